The molecule has 2 aromatic rings. The molecule has 0 aliphatic carbocycles. The van der Waals surface area contributed by atoms with Crippen LogP contribution in [0.5, 0.6) is 0 Å². The van der Waals surface area contributed by atoms with Crippen LogP contribution < -0.4 is 0 Å². The quantitative estimate of drug-likeness (QED) is 0.942. The molecular weight excluding hydrogens is 300 g/mol. The van der Waals surface area contributed by atoms with Gasteiger partial charge in [-0.2, -0.15) is 0 Å². The molecule has 0 amide bonds. The van der Waals surface area contributed by atoms with Gasteiger partial charge < -0.3 is 5.11 Å². The zero-order chi connectivity index (χ0) is 14.8. The SMILES string of the molecule is O=C(O)Cc1cccc(S(=O)(=O)c2ccccc2)c1Cl. The van der Waals surface area contributed by atoms with Crippen molar-refractivity contribution in [3.05, 3.63) is 59.1 Å². The highest BCUT2D eigenvalue weighted by atomic mass is 35.5. The number of halogens is 1. The molecule has 0 aromatic heterocycles. The highest BCUT2D eigenvalue weighted by molar-refractivity contribution is 7.91. The first kappa shape index (κ1) is 14.6. The number of rotatable bonds is 4. The maximum atomic E-state index is 12.5. The largest absolute Gasteiger partial charge is 0.481 e. The van der Waals surface area contributed by atoms with Crippen molar-refractivity contribution >= 4 is 27.4 Å². The predicted octanol–water partition coefficient (Wildman–Crippen LogP) is 2.80. The molecule has 0 saturated heterocycles. The van der Waals surface area contributed by atoms with Crippen molar-refractivity contribution in [2.45, 2.75) is 16.2 Å². The topological polar surface area (TPSA) is 71.4 Å². The summed E-state index contributed by atoms with van der Waals surface area (Å²) in [5.41, 5.74) is 0.274. The van der Waals surface area contributed by atoms with Gasteiger partial charge in [-0.15, -0.1) is 0 Å². The lowest BCUT2D eigenvalue weighted by molar-refractivity contribution is -0.136. The highest BCUT2D eigenvalue weighted by Crippen LogP contribution is 2.30. The van der Waals surface area contributed by atoms with Crippen molar-refractivity contribution in [1.29, 1.82) is 0 Å². The van der Waals surface area contributed by atoms with Crippen LogP contribution in [0.2, 0.25) is 5.02 Å². The van der Waals surface area contributed by atoms with Crippen LogP contribution in [0, 0.1) is 0 Å². The smallest absolute Gasteiger partial charge is 0.307 e. The summed E-state index contributed by atoms with van der Waals surface area (Å²) in [5, 5.41) is 8.75. The molecule has 0 unspecified atom stereocenters. The van der Waals surface area contributed by atoms with Gasteiger partial charge in [-0.1, -0.05) is 41.9 Å². The van der Waals surface area contributed by atoms with Gasteiger partial charge in [-0.05, 0) is 23.8 Å². The Morgan fingerprint density at radius 3 is 2.30 bits per heavy atom. The summed E-state index contributed by atoms with van der Waals surface area (Å²) in [7, 11) is -3.75. The lowest BCUT2D eigenvalue weighted by Crippen LogP contribution is -2.06. The molecule has 1 N–H and O–H groups in total. The average Bonchev–Trinajstić information content (AvgIpc) is 2.41. The van der Waals surface area contributed by atoms with Crippen molar-refractivity contribution in [2.75, 3.05) is 0 Å². The summed E-state index contributed by atoms with van der Waals surface area (Å²) < 4.78 is 24.9. The van der Waals surface area contributed by atoms with Gasteiger partial charge in [0.2, 0.25) is 9.84 Å². The van der Waals surface area contributed by atoms with Gasteiger partial charge in [0.25, 0.3) is 0 Å². The summed E-state index contributed by atoms with van der Waals surface area (Å²) in [6, 6.07) is 12.2. The zero-order valence-electron chi connectivity index (χ0n) is 10.3. The van der Waals surface area contributed by atoms with Crippen LogP contribution in [0.3, 0.4) is 0 Å². The Morgan fingerprint density at radius 2 is 1.70 bits per heavy atom. The van der Waals surface area contributed by atoms with Crippen LogP contribution in [-0.2, 0) is 21.1 Å². The first-order valence-corrected chi connectivity index (χ1v) is 7.58. The number of hydrogen-bond donors (Lipinski definition) is 1. The minimum Gasteiger partial charge on any atom is -0.481 e. The van der Waals surface area contributed by atoms with E-state index in [2.05, 4.69) is 0 Å². The van der Waals surface area contributed by atoms with Crippen molar-refractivity contribution in [2.24, 2.45) is 0 Å². The summed E-state index contributed by atoms with van der Waals surface area (Å²) >= 11 is 6.04. The molecule has 0 saturated carbocycles. The normalized spacial score (nSPS) is 11.2. The summed E-state index contributed by atoms with van der Waals surface area (Å²) in [6.45, 7) is 0. The fourth-order valence-electron chi connectivity index (χ4n) is 1.79. The summed E-state index contributed by atoms with van der Waals surface area (Å²) in [6.07, 6.45) is -0.322. The van der Waals surface area contributed by atoms with Gasteiger partial charge in [-0.3, -0.25) is 4.79 Å². The Labute approximate surface area is 121 Å². The van der Waals surface area contributed by atoms with E-state index in [4.69, 9.17) is 16.7 Å². The van der Waals surface area contributed by atoms with E-state index >= 15 is 0 Å². The van der Waals surface area contributed by atoms with Crippen molar-refractivity contribution in [1.82, 2.24) is 0 Å². The maximum absolute atomic E-state index is 12.5. The van der Waals surface area contributed by atoms with Crippen LogP contribution in [0.1, 0.15) is 5.56 Å². The molecule has 0 heterocycles. The maximum Gasteiger partial charge on any atom is 0.307 e. The van der Waals surface area contributed by atoms with E-state index in [9.17, 15) is 13.2 Å². The summed E-state index contributed by atoms with van der Waals surface area (Å²) in [4.78, 5) is 10.8. The first-order chi connectivity index (χ1) is 9.43. The third kappa shape index (κ3) is 2.84. The standard InChI is InChI=1S/C14H11ClO4S/c15-14-10(9-13(16)17)5-4-8-12(14)20(18,19)11-6-2-1-3-7-11/h1-8H,9H2,(H,16,17). The molecule has 104 valence electrons. The molecule has 6 heteroatoms. The Hall–Kier alpha value is -1.85. The van der Waals surface area contributed by atoms with Crippen LogP contribution in [0.15, 0.2) is 58.3 Å². The molecule has 0 spiro atoms. The van der Waals surface area contributed by atoms with Crippen LogP contribution in [-0.4, -0.2) is 19.5 Å². The number of hydrogen-bond acceptors (Lipinski definition) is 3. The van der Waals surface area contributed by atoms with Crippen molar-refractivity contribution < 1.29 is 18.3 Å². The Kier molecular flexibility index (Phi) is 4.11. The molecule has 0 bridgehead atoms. The summed E-state index contributed by atoms with van der Waals surface area (Å²) in [5.74, 6) is -1.07. The van der Waals surface area contributed by atoms with E-state index < -0.39 is 15.8 Å². The lowest BCUT2D eigenvalue weighted by atomic mass is 10.1. The predicted molar refractivity (Wildman–Crippen MR) is 74.7 cm³/mol. The second kappa shape index (κ2) is 5.64. The fraction of sp³-hybridized carbons (Fsp3) is 0.0714. The fourth-order valence-corrected chi connectivity index (χ4v) is 3.68. The second-order valence-corrected chi connectivity index (χ2v) is 6.41. The highest BCUT2D eigenvalue weighted by Gasteiger charge is 2.22. The minimum absolute atomic E-state index is 0.0428. The van der Waals surface area contributed by atoms with E-state index in [-0.39, 0.29) is 26.8 Å². The number of sulfone groups is 1. The number of carbonyl (C=O) groups is 1. The van der Waals surface area contributed by atoms with E-state index in [0.717, 1.165) is 0 Å². The van der Waals surface area contributed by atoms with Gasteiger partial charge in [-0.25, -0.2) is 8.42 Å². The van der Waals surface area contributed by atoms with Crippen LogP contribution >= 0.6 is 11.6 Å². The molecule has 2 aromatic carbocycles. The minimum atomic E-state index is -3.75. The van der Waals surface area contributed by atoms with Crippen molar-refractivity contribution in [3.8, 4) is 0 Å². The molecule has 0 fully saturated rings. The number of carboxylic acid groups (broad SMARTS) is 1. The third-order valence-corrected chi connectivity index (χ3v) is 5.10. The molecule has 20 heavy (non-hydrogen) atoms. The van der Waals surface area contributed by atoms with E-state index in [1.807, 2.05) is 0 Å². The third-order valence-electron chi connectivity index (χ3n) is 2.73. The molecule has 2 rings (SSSR count). The Bertz CT molecular complexity index is 739. The van der Waals surface area contributed by atoms with Crippen LogP contribution in [0.25, 0.3) is 0 Å². The van der Waals surface area contributed by atoms with Crippen LogP contribution in [0.4, 0.5) is 0 Å². The molecule has 0 aliphatic rings. The molecule has 0 aliphatic heterocycles. The monoisotopic (exact) mass is 310 g/mol. The van der Waals surface area contributed by atoms with E-state index in [0.29, 0.717) is 0 Å². The van der Waals surface area contributed by atoms with Crippen molar-refractivity contribution in [3.63, 3.8) is 0 Å². The molecular formula is C14H11ClO4S. The average molecular weight is 311 g/mol. The number of aliphatic carboxylic acids is 1. The second-order valence-electron chi connectivity index (χ2n) is 4.12. The lowest BCUT2D eigenvalue weighted by Gasteiger charge is -2.09. The zero-order valence-corrected chi connectivity index (χ0v) is 11.9. The Balaban J connectivity index is 2.56. The van der Waals surface area contributed by atoms with Gasteiger partial charge in [0.15, 0.2) is 0 Å². The Morgan fingerprint density at radius 1 is 1.05 bits per heavy atom. The van der Waals surface area contributed by atoms with Gasteiger partial charge in [0, 0.05) is 0 Å². The van der Waals surface area contributed by atoms with Gasteiger partial charge >= 0.3 is 5.97 Å². The molecule has 0 radical (unpaired) electrons. The first-order valence-electron chi connectivity index (χ1n) is 5.72. The molecule has 0 atom stereocenters. The number of carboxylic acids is 1. The van der Waals surface area contributed by atoms with Gasteiger partial charge in [0.1, 0.15) is 0 Å². The molecule has 4 nitrogen and oxygen atoms in total. The number of benzene rings is 2. The van der Waals surface area contributed by atoms with Gasteiger partial charge in [0.05, 0.1) is 21.2 Å². The van der Waals surface area contributed by atoms with E-state index in [1.54, 1.807) is 18.2 Å². The van der Waals surface area contributed by atoms with E-state index in [1.165, 1.54) is 30.3 Å².